The van der Waals surface area contributed by atoms with Crippen LogP contribution < -0.4 is 63.7 Å². The summed E-state index contributed by atoms with van der Waals surface area (Å²) >= 11 is 0. The van der Waals surface area contributed by atoms with Gasteiger partial charge >= 0.3 is 0 Å². The van der Waals surface area contributed by atoms with E-state index in [1.807, 2.05) is 30.3 Å². The second-order valence-corrected chi connectivity index (χ2v) is 32.0. The van der Waals surface area contributed by atoms with Crippen molar-refractivity contribution < 1.29 is 39.0 Å². The molecule has 8 heteroatoms. The average molecular weight is 1500 g/mol. The Labute approximate surface area is 610 Å². The van der Waals surface area contributed by atoms with Gasteiger partial charge in [-0.2, -0.15) is 0 Å². The smallest absolute Gasteiger partial charge is 0.102 e. The maximum Gasteiger partial charge on any atom is 0.102 e. The molecule has 0 spiro atoms. The summed E-state index contributed by atoms with van der Waals surface area (Å²) < 4.78 is 0. The standard InChI is InChI=1S/4C18H15P.C7H8.2C5H6B.2Rh/c4*1-4-10-16(11-5-1)19(17-12-6-2-7-13-17)18-14-8-3-9-15-18;1-7-5-3-2-4-6-7;2*1-2-4-6-5-3-1;;/h4*1-15H;2-6H,1H3;2*1-6H;;/q;;;;;2*-1;;/p+4. The van der Waals surface area contributed by atoms with Crippen molar-refractivity contribution in [3.8, 4) is 0 Å². The SMILES string of the molecule is Cc1ccccc1.[Rh].[Rh].[bH-]1ccccc1.[bH-]1ccccc1.c1ccc([PH+](c2ccccc2)c2ccccc2)cc1.c1ccc([PH+](c2ccccc2)c2ccccc2)cc1.c1ccc([PH+](c2ccccc2)c2ccccc2)cc1.c1ccc([PH+](c2ccccc2)c2ccccc2)cc1. The van der Waals surface area contributed by atoms with E-state index in [4.69, 9.17) is 0 Å². The van der Waals surface area contributed by atoms with Gasteiger partial charge in [-0.25, -0.2) is 0 Å². The van der Waals surface area contributed by atoms with Crippen LogP contribution in [-0.4, -0.2) is 13.8 Å². The normalized spacial score (nSPS) is 9.91. The molecule has 2 radical (unpaired) electrons. The van der Waals surface area contributed by atoms with Gasteiger partial charge in [0, 0.05) is 39.0 Å². The van der Waals surface area contributed by atoms with Crippen LogP contribution in [0.3, 0.4) is 0 Å². The second kappa shape index (κ2) is 46.0. The van der Waals surface area contributed by atoms with Gasteiger partial charge in [0.2, 0.25) is 0 Å². The first kappa shape index (κ1) is 76.0. The molecule has 2 aromatic heterocycles. The van der Waals surface area contributed by atoms with Crippen molar-refractivity contribution in [1.82, 2.24) is 0 Å². The Morgan fingerprint density at radius 2 is 0.247 bits per heavy atom. The quantitative estimate of drug-likeness (QED) is 0.0845. The fourth-order valence-corrected chi connectivity index (χ4v) is 21.0. The molecule has 0 fully saturated rings. The van der Waals surface area contributed by atoms with Crippen LogP contribution in [0.25, 0.3) is 0 Å². The Morgan fingerprint density at radius 3 is 0.320 bits per heavy atom. The van der Waals surface area contributed by atoms with Crippen LogP contribution >= 0.6 is 31.7 Å². The third-order valence-electron chi connectivity index (χ3n) is 15.2. The maximum atomic E-state index is 2.24. The number of hydrogen-bond acceptors (Lipinski definition) is 0. The average Bonchev–Trinajstić information content (AvgIpc) is 1.01. The predicted molar refractivity (Wildman–Crippen MR) is 436 cm³/mol. The number of rotatable bonds is 12. The van der Waals surface area contributed by atoms with Crippen molar-refractivity contribution >= 4 is 109 Å². The van der Waals surface area contributed by atoms with Gasteiger partial charge in [-0.1, -0.05) is 266 Å². The van der Waals surface area contributed by atoms with Crippen molar-refractivity contribution in [3.05, 3.63) is 460 Å². The molecule has 0 aliphatic carbocycles. The van der Waals surface area contributed by atoms with Gasteiger partial charge in [0.15, 0.2) is 0 Å². The molecule has 0 atom stereocenters. The fraction of sp³-hybridized carbons (Fsp3) is 0.0112. The zero-order valence-corrected chi connectivity index (χ0v) is 62.2. The van der Waals surface area contributed by atoms with Crippen LogP contribution in [0.2, 0.25) is 0 Å². The Morgan fingerprint density at radius 1 is 0.144 bits per heavy atom. The van der Waals surface area contributed by atoms with Crippen molar-refractivity contribution in [2.24, 2.45) is 0 Å². The summed E-state index contributed by atoms with van der Waals surface area (Å²) in [5.41, 5.74) is 1.32. The minimum atomic E-state index is -0.877. The van der Waals surface area contributed by atoms with Gasteiger partial charge < -0.3 is 0 Å². The van der Waals surface area contributed by atoms with E-state index < -0.39 is 31.7 Å². The van der Waals surface area contributed by atoms with Gasteiger partial charge in [-0.05, 0) is 153 Å². The molecule has 0 aliphatic heterocycles. The van der Waals surface area contributed by atoms with Crippen LogP contribution in [0.4, 0.5) is 0 Å². The molecule has 0 bridgehead atoms. The van der Waals surface area contributed by atoms with E-state index >= 15 is 0 Å². The first-order valence-electron chi connectivity index (χ1n) is 32.6. The molecule has 0 unspecified atom stereocenters. The Hall–Kier alpha value is -8.34. The van der Waals surface area contributed by atoms with Crippen molar-refractivity contribution in [2.45, 2.75) is 6.92 Å². The summed E-state index contributed by atoms with van der Waals surface area (Å²) in [6, 6.07) is 153. The zero-order valence-electron chi connectivity index (χ0n) is 54.9. The minimum Gasteiger partial charge on any atom is -0.268 e. The molecule has 0 saturated carbocycles. The van der Waals surface area contributed by atoms with Gasteiger partial charge in [-0.15, -0.1) is 38.1 Å². The Balaban J connectivity index is 0.000000166. The van der Waals surface area contributed by atoms with Crippen molar-refractivity contribution in [1.29, 1.82) is 0 Å². The van der Waals surface area contributed by atoms with Gasteiger partial charge in [0.1, 0.15) is 63.7 Å². The molecule has 0 N–H and O–H groups in total. The van der Waals surface area contributed by atoms with E-state index in [0.717, 1.165) is 13.8 Å². The van der Waals surface area contributed by atoms with Crippen LogP contribution in [-0.2, 0) is 39.0 Å². The Kier molecular flexibility index (Phi) is 36.0. The predicted octanol–water partition coefficient (Wildman–Crippen LogP) is 16.2. The third-order valence-corrected chi connectivity index (χ3v) is 26.2. The molecule has 0 amide bonds. The molecule has 482 valence electrons. The van der Waals surface area contributed by atoms with E-state index in [-0.39, 0.29) is 39.0 Å². The summed E-state index contributed by atoms with van der Waals surface area (Å²) in [4.78, 5) is 0. The van der Waals surface area contributed by atoms with E-state index in [9.17, 15) is 0 Å². The van der Waals surface area contributed by atoms with Crippen LogP contribution in [0.1, 0.15) is 5.56 Å². The molecule has 2 heterocycles. The number of aryl methyl sites for hydroxylation is 1. The topological polar surface area (TPSA) is 0 Å². The summed E-state index contributed by atoms with van der Waals surface area (Å²) in [5.74, 6) is 8.50. The number of hydrogen-bond donors (Lipinski definition) is 0. The molecule has 0 saturated heterocycles. The Bertz CT molecular complexity index is 3380. The second-order valence-electron chi connectivity index (χ2n) is 22.1. The van der Waals surface area contributed by atoms with E-state index in [1.54, 1.807) is 0 Å². The van der Waals surface area contributed by atoms with E-state index in [1.165, 1.54) is 69.2 Å². The van der Waals surface area contributed by atoms with Crippen molar-refractivity contribution in [2.75, 3.05) is 0 Å². The van der Waals surface area contributed by atoms with Crippen LogP contribution in [0.15, 0.2) is 455 Å². The van der Waals surface area contributed by atoms with E-state index in [0.29, 0.717) is 0 Å². The molecule has 15 rings (SSSR count). The first-order valence-corrected chi connectivity index (χ1v) is 38.6. The van der Waals surface area contributed by atoms with Gasteiger partial charge in [-0.3, -0.25) is 23.8 Å². The molecule has 97 heavy (non-hydrogen) atoms. The molecule has 0 nitrogen and oxygen atoms in total. The van der Waals surface area contributed by atoms with Crippen LogP contribution in [0, 0.1) is 6.92 Å². The summed E-state index contributed by atoms with van der Waals surface area (Å²) in [5, 5.41) is 17.2. The van der Waals surface area contributed by atoms with Gasteiger partial charge in [0.05, 0.1) is 31.7 Å². The van der Waals surface area contributed by atoms with Crippen LogP contribution in [0.5, 0.6) is 0 Å². The monoisotopic (exact) mass is 1500 g/mol. The molecule has 0 aliphatic rings. The first-order chi connectivity index (χ1) is 47.2. The molecule has 15 aromatic rings. The fourth-order valence-electron chi connectivity index (χ4n) is 10.7. The summed E-state index contributed by atoms with van der Waals surface area (Å²) in [7, 11) is -3.51. The maximum absolute atomic E-state index is 2.24. The largest absolute Gasteiger partial charge is 0.268 e. The molecular formula is C89H84B2P4Rh2+2. The van der Waals surface area contributed by atoms with Crippen molar-refractivity contribution in [3.63, 3.8) is 0 Å². The number of benzene rings is 13. The van der Waals surface area contributed by atoms with E-state index in [2.05, 4.69) is 431 Å². The summed E-state index contributed by atoms with van der Waals surface area (Å²) in [6.07, 6.45) is 0. The van der Waals surface area contributed by atoms with Gasteiger partial charge in [0.25, 0.3) is 0 Å². The molecular weight excluding hydrogens is 1420 g/mol. The molecule has 13 aromatic carbocycles. The third kappa shape index (κ3) is 26.5. The summed E-state index contributed by atoms with van der Waals surface area (Å²) in [6.45, 7) is 4.30. The zero-order chi connectivity index (χ0) is 65.3. The minimum absolute atomic E-state index is 0.